The van der Waals surface area contributed by atoms with Crippen molar-refractivity contribution >= 4 is 15.9 Å². The van der Waals surface area contributed by atoms with Crippen molar-refractivity contribution in [2.75, 3.05) is 13.7 Å². The van der Waals surface area contributed by atoms with Crippen LogP contribution in [0.3, 0.4) is 0 Å². The highest BCUT2D eigenvalue weighted by Gasteiger charge is 2.29. The van der Waals surface area contributed by atoms with Gasteiger partial charge in [-0.15, -0.1) is 0 Å². The van der Waals surface area contributed by atoms with E-state index in [1.165, 1.54) is 19.2 Å². The number of nitrogens with one attached hydrogen (secondary N) is 1. The molecule has 1 aromatic rings. The number of halogens is 1. The summed E-state index contributed by atoms with van der Waals surface area (Å²) in [6.07, 6.45) is 0.676. The molecule has 1 heterocycles. The smallest absolute Gasteiger partial charge is 0.265 e. The molecule has 0 aliphatic carbocycles. The topological polar surface area (TPSA) is 64.5 Å². The average molecular weight is 284 g/mol. The quantitative estimate of drug-likeness (QED) is 0.898. The lowest BCUT2D eigenvalue weighted by Gasteiger charge is -2.31. The van der Waals surface area contributed by atoms with Gasteiger partial charge in [-0.2, -0.15) is 0 Å². The van der Waals surface area contributed by atoms with Gasteiger partial charge in [-0.05, 0) is 19.1 Å². The number of benzene rings is 1. The summed E-state index contributed by atoms with van der Waals surface area (Å²) in [6.45, 7) is 0.410. The predicted molar refractivity (Wildman–Crippen MR) is 69.8 cm³/mol. The molecule has 1 aliphatic heterocycles. The van der Waals surface area contributed by atoms with Gasteiger partial charge in [-0.25, -0.2) is 12.8 Å². The molecule has 0 saturated heterocycles. The van der Waals surface area contributed by atoms with Gasteiger partial charge in [-0.3, -0.25) is 9.71 Å². The first kappa shape index (κ1) is 12.2. The molecule has 1 atom stereocenters. The minimum Gasteiger partial charge on any atom is -0.339 e. The minimum absolute atomic E-state index is 0.0220. The normalized spacial score (nSPS) is 21.2. The largest absolute Gasteiger partial charge is 0.339 e. The van der Waals surface area contributed by atoms with Crippen molar-refractivity contribution in [2.24, 2.45) is 0 Å². The molecule has 0 spiro atoms. The van der Waals surface area contributed by atoms with E-state index in [2.05, 4.69) is 0 Å². The zero-order valence-corrected chi connectivity index (χ0v) is 11.3. The van der Waals surface area contributed by atoms with Crippen molar-refractivity contribution in [3.8, 4) is 0 Å². The van der Waals surface area contributed by atoms with Crippen LogP contribution in [0.4, 0.5) is 4.39 Å². The van der Waals surface area contributed by atoms with E-state index in [9.17, 15) is 12.8 Å². The van der Waals surface area contributed by atoms with Crippen LogP contribution in [-0.4, -0.2) is 37.2 Å². The SMILES string of the molecule is [2H]C1N(C)C(=N)C(F)=CN1S(=O)(=O)c1ccc(C)cc1. The van der Waals surface area contributed by atoms with Gasteiger partial charge in [0.2, 0.25) is 0 Å². The van der Waals surface area contributed by atoms with E-state index < -0.39 is 28.3 Å². The Bertz CT molecular complexity index is 672. The van der Waals surface area contributed by atoms with E-state index in [-0.39, 0.29) is 4.90 Å². The van der Waals surface area contributed by atoms with E-state index in [1.807, 2.05) is 6.92 Å². The second-order valence-electron chi connectivity index (χ2n) is 4.20. The molecule has 7 heteroatoms. The monoisotopic (exact) mass is 284 g/mol. The molecule has 1 unspecified atom stereocenters. The Morgan fingerprint density at radius 3 is 2.53 bits per heavy atom. The number of sulfonamides is 1. The summed E-state index contributed by atoms with van der Waals surface area (Å²) >= 11 is 0. The van der Waals surface area contributed by atoms with Gasteiger partial charge in [0, 0.05) is 7.05 Å². The van der Waals surface area contributed by atoms with Gasteiger partial charge in [0.05, 0.1) is 12.5 Å². The molecule has 5 nitrogen and oxygen atoms in total. The van der Waals surface area contributed by atoms with Gasteiger partial charge >= 0.3 is 0 Å². The van der Waals surface area contributed by atoms with Crippen LogP contribution in [0.25, 0.3) is 0 Å². The van der Waals surface area contributed by atoms with Crippen LogP contribution in [-0.2, 0) is 10.0 Å². The maximum Gasteiger partial charge on any atom is 0.265 e. The molecule has 0 radical (unpaired) electrons. The van der Waals surface area contributed by atoms with Gasteiger partial charge in [-0.1, -0.05) is 17.7 Å². The number of amidine groups is 1. The molecule has 0 bridgehead atoms. The molecule has 2 rings (SSSR count). The number of hydrogen-bond donors (Lipinski definition) is 1. The minimum atomic E-state index is -4.03. The number of hydrogen-bond acceptors (Lipinski definition) is 3. The van der Waals surface area contributed by atoms with Crippen molar-refractivity contribution in [1.29, 1.82) is 5.41 Å². The maximum absolute atomic E-state index is 13.6. The van der Waals surface area contributed by atoms with Crippen LogP contribution in [0.5, 0.6) is 0 Å². The Hall–Kier alpha value is -1.89. The van der Waals surface area contributed by atoms with Crippen LogP contribution in [0, 0.1) is 12.3 Å². The average Bonchev–Trinajstić information content (AvgIpc) is 2.41. The van der Waals surface area contributed by atoms with Crippen molar-refractivity contribution < 1.29 is 14.2 Å². The van der Waals surface area contributed by atoms with Crippen molar-refractivity contribution in [2.45, 2.75) is 11.8 Å². The lowest BCUT2D eigenvalue weighted by molar-refractivity contribution is 0.340. The third kappa shape index (κ3) is 2.46. The summed E-state index contributed by atoms with van der Waals surface area (Å²) in [4.78, 5) is 0.910. The van der Waals surface area contributed by atoms with Crippen molar-refractivity contribution in [3.63, 3.8) is 0 Å². The van der Waals surface area contributed by atoms with Gasteiger partial charge in [0.25, 0.3) is 10.0 Å². The first-order chi connectivity index (χ1) is 9.25. The molecule has 0 fully saturated rings. The molecule has 1 aromatic carbocycles. The molecule has 0 saturated carbocycles. The lowest BCUT2D eigenvalue weighted by atomic mass is 10.2. The standard InChI is InChI=1S/C12H14FN3O2S/c1-9-3-5-10(6-4-9)19(17,18)16-7-11(13)12(14)15(2)8-16/h3-7,14H,8H2,1-2H3/i8D. The van der Waals surface area contributed by atoms with Crippen LogP contribution >= 0.6 is 0 Å². The predicted octanol–water partition coefficient (Wildman–Crippen LogP) is 1.68. The van der Waals surface area contributed by atoms with E-state index in [0.29, 0.717) is 10.5 Å². The van der Waals surface area contributed by atoms with Crippen LogP contribution < -0.4 is 0 Å². The molecule has 1 N–H and O–H groups in total. The molecule has 102 valence electrons. The molecule has 0 aromatic heterocycles. The summed E-state index contributed by atoms with van der Waals surface area (Å²) in [5, 5.41) is 7.40. The van der Waals surface area contributed by atoms with Crippen LogP contribution in [0.2, 0.25) is 0 Å². The van der Waals surface area contributed by atoms with Crippen LogP contribution in [0.15, 0.2) is 41.2 Å². The maximum atomic E-state index is 13.6. The Balaban J connectivity index is 2.49. The number of nitrogens with zero attached hydrogens (tertiary/aromatic N) is 2. The summed E-state index contributed by atoms with van der Waals surface area (Å²) in [7, 11) is -2.73. The van der Waals surface area contributed by atoms with Gasteiger partial charge < -0.3 is 4.90 Å². The molecule has 1 aliphatic rings. The second kappa shape index (κ2) is 4.65. The highest BCUT2D eigenvalue weighted by Crippen LogP contribution is 2.21. The Morgan fingerprint density at radius 2 is 1.95 bits per heavy atom. The van der Waals surface area contributed by atoms with E-state index in [1.54, 1.807) is 12.1 Å². The van der Waals surface area contributed by atoms with Crippen LogP contribution in [0.1, 0.15) is 6.93 Å². The first-order valence-electron chi connectivity index (χ1n) is 6.04. The third-order valence-corrected chi connectivity index (χ3v) is 4.33. The summed E-state index contributed by atoms with van der Waals surface area (Å²) in [6, 6.07) is 6.06. The van der Waals surface area contributed by atoms with E-state index >= 15 is 0 Å². The van der Waals surface area contributed by atoms with Gasteiger partial charge in [0.1, 0.15) is 6.64 Å². The summed E-state index contributed by atoms with van der Waals surface area (Å²) < 4.78 is 46.8. The zero-order chi connectivity index (χ0) is 15.1. The molecular formula is C12H14FN3O2S. The van der Waals surface area contributed by atoms with E-state index in [0.717, 1.165) is 10.5 Å². The first-order valence-corrected chi connectivity index (χ1v) is 6.90. The summed E-state index contributed by atoms with van der Waals surface area (Å²) in [5.41, 5.74) is 0.894. The number of aryl methyl sites for hydroxylation is 1. The molecule has 0 amide bonds. The number of rotatable bonds is 2. The fourth-order valence-corrected chi connectivity index (χ4v) is 2.79. The molecule has 19 heavy (non-hydrogen) atoms. The number of likely N-dealkylation sites (N-methyl/N-ethyl adjacent to an activating group) is 1. The fourth-order valence-electron chi connectivity index (χ4n) is 1.57. The van der Waals surface area contributed by atoms with E-state index in [4.69, 9.17) is 6.78 Å². The second-order valence-corrected chi connectivity index (χ2v) is 6.04. The van der Waals surface area contributed by atoms with Gasteiger partial charge in [0.15, 0.2) is 11.7 Å². The van der Waals surface area contributed by atoms with Crippen molar-refractivity contribution in [3.05, 3.63) is 41.9 Å². The highest BCUT2D eigenvalue weighted by atomic mass is 32.2. The Labute approximate surface area is 112 Å². The lowest BCUT2D eigenvalue weighted by Crippen LogP contribution is -2.43. The van der Waals surface area contributed by atoms with Crippen molar-refractivity contribution in [1.82, 2.24) is 9.21 Å². The fraction of sp³-hybridized carbons (Fsp3) is 0.250. The molecular weight excluding hydrogens is 269 g/mol. The Kier molecular flexibility index (Phi) is 2.98. The summed E-state index contributed by atoms with van der Waals surface area (Å²) in [5.74, 6) is -1.51. The highest BCUT2D eigenvalue weighted by molar-refractivity contribution is 7.89. The third-order valence-electron chi connectivity index (χ3n) is 2.70. The Morgan fingerprint density at radius 1 is 1.37 bits per heavy atom. The zero-order valence-electron chi connectivity index (χ0n) is 11.5.